The summed E-state index contributed by atoms with van der Waals surface area (Å²) in [6.07, 6.45) is 2.03. The number of benzene rings is 1. The molecular formula is C22H29N5O2S. The third-order valence-corrected chi connectivity index (χ3v) is 7.03. The standard InChI is InChI=1S/C22H29N5O2S/c23-21(24)16-1-3-18(4-2-16)25-10-12-26(13-11-25)19-5-8-27(9-6-19)20(22(28)29)17-7-14-30-15-17/h1-4,7,14-15,19-20H,5-6,8-13H2,(H3,23,24)(H,28,29). The molecule has 0 aliphatic carbocycles. The molecule has 2 fully saturated rings. The van der Waals surface area contributed by atoms with Crippen molar-refractivity contribution >= 4 is 28.8 Å². The summed E-state index contributed by atoms with van der Waals surface area (Å²) in [4.78, 5) is 18.9. The van der Waals surface area contributed by atoms with E-state index in [0.29, 0.717) is 6.04 Å². The molecule has 0 radical (unpaired) electrons. The van der Waals surface area contributed by atoms with Gasteiger partial charge < -0.3 is 15.7 Å². The number of anilines is 1. The first-order chi connectivity index (χ1) is 14.5. The first kappa shape index (κ1) is 20.8. The van der Waals surface area contributed by atoms with Gasteiger partial charge in [-0.05, 0) is 59.5 Å². The number of nitrogens with two attached hydrogens (primary N) is 1. The van der Waals surface area contributed by atoms with Gasteiger partial charge in [-0.1, -0.05) is 0 Å². The number of hydrogen-bond donors (Lipinski definition) is 3. The average molecular weight is 428 g/mol. The number of hydrogen-bond acceptors (Lipinski definition) is 6. The van der Waals surface area contributed by atoms with Crippen LogP contribution in [0.15, 0.2) is 41.1 Å². The molecule has 4 N–H and O–H groups in total. The first-order valence-electron chi connectivity index (χ1n) is 10.5. The van der Waals surface area contributed by atoms with Gasteiger partial charge in [0.25, 0.3) is 0 Å². The topological polar surface area (TPSA) is 96.9 Å². The Hall–Kier alpha value is -2.42. The zero-order valence-electron chi connectivity index (χ0n) is 17.0. The minimum absolute atomic E-state index is 0.0989. The molecule has 0 spiro atoms. The van der Waals surface area contributed by atoms with Gasteiger partial charge in [-0.3, -0.25) is 20.0 Å². The summed E-state index contributed by atoms with van der Waals surface area (Å²) in [5.74, 6) is -0.655. The maximum absolute atomic E-state index is 11.8. The average Bonchev–Trinajstić information content (AvgIpc) is 3.28. The van der Waals surface area contributed by atoms with Gasteiger partial charge in [0.05, 0.1) is 0 Å². The summed E-state index contributed by atoms with van der Waals surface area (Å²) in [6.45, 7) is 5.64. The van der Waals surface area contributed by atoms with Gasteiger partial charge in [0.1, 0.15) is 11.9 Å². The second-order valence-electron chi connectivity index (χ2n) is 8.05. The molecule has 1 aromatic carbocycles. The molecule has 160 valence electrons. The van der Waals surface area contributed by atoms with E-state index in [9.17, 15) is 9.90 Å². The van der Waals surface area contributed by atoms with Gasteiger partial charge in [-0.25, -0.2) is 0 Å². The molecule has 2 saturated heterocycles. The van der Waals surface area contributed by atoms with Crippen LogP contribution in [0.4, 0.5) is 5.69 Å². The number of amidine groups is 1. The lowest BCUT2D eigenvalue weighted by Crippen LogP contribution is -2.53. The fourth-order valence-corrected chi connectivity index (χ4v) is 5.33. The summed E-state index contributed by atoms with van der Waals surface area (Å²) in [5.41, 5.74) is 8.37. The number of piperazine rings is 1. The Kier molecular flexibility index (Phi) is 6.36. The molecule has 0 amide bonds. The van der Waals surface area contributed by atoms with E-state index in [0.717, 1.165) is 63.2 Å². The number of likely N-dealkylation sites (tertiary alicyclic amines) is 1. The van der Waals surface area contributed by atoms with E-state index in [1.165, 1.54) is 5.69 Å². The van der Waals surface area contributed by atoms with Gasteiger partial charge in [-0.15, -0.1) is 0 Å². The number of piperidine rings is 1. The Bertz CT molecular complexity index is 854. The number of carboxylic acid groups (broad SMARTS) is 1. The summed E-state index contributed by atoms with van der Waals surface area (Å²) in [6, 6.07) is 9.84. The second-order valence-corrected chi connectivity index (χ2v) is 8.83. The normalized spacial score (nSPS) is 20.2. The third kappa shape index (κ3) is 4.50. The minimum atomic E-state index is -0.753. The lowest BCUT2D eigenvalue weighted by molar-refractivity contribution is -0.144. The van der Waals surface area contributed by atoms with Crippen molar-refractivity contribution in [2.45, 2.75) is 24.9 Å². The van der Waals surface area contributed by atoms with Crippen LogP contribution in [0.5, 0.6) is 0 Å². The number of nitrogens with zero attached hydrogens (tertiary/aromatic N) is 3. The summed E-state index contributed by atoms with van der Waals surface area (Å²) in [5, 5.41) is 21.1. The molecule has 4 rings (SSSR count). The molecule has 0 bridgehead atoms. The molecule has 1 atom stereocenters. The van der Waals surface area contributed by atoms with Crippen molar-refractivity contribution in [3.8, 4) is 0 Å². The quantitative estimate of drug-likeness (QED) is 0.484. The number of nitrogen functional groups attached to an aromatic ring is 1. The second kappa shape index (κ2) is 9.16. The number of aliphatic carboxylic acids is 1. The Morgan fingerprint density at radius 1 is 1.07 bits per heavy atom. The largest absolute Gasteiger partial charge is 0.480 e. The lowest BCUT2D eigenvalue weighted by Gasteiger charge is -2.44. The molecule has 1 aromatic heterocycles. The number of nitrogens with one attached hydrogen (secondary N) is 1. The van der Waals surface area contributed by atoms with E-state index in [1.54, 1.807) is 11.3 Å². The van der Waals surface area contributed by atoms with Gasteiger partial charge in [-0.2, -0.15) is 11.3 Å². The number of carboxylic acids is 1. The van der Waals surface area contributed by atoms with Crippen molar-refractivity contribution in [2.24, 2.45) is 5.73 Å². The number of thiophene rings is 1. The predicted octanol–water partition coefficient (Wildman–Crippen LogP) is 2.44. The van der Waals surface area contributed by atoms with Crippen LogP contribution in [0.2, 0.25) is 0 Å². The van der Waals surface area contributed by atoms with Crippen LogP contribution in [-0.2, 0) is 4.79 Å². The number of carbonyl (C=O) groups is 1. The van der Waals surface area contributed by atoms with Crippen LogP contribution in [0.1, 0.15) is 30.0 Å². The molecule has 2 aliphatic rings. The molecule has 0 saturated carbocycles. The van der Waals surface area contributed by atoms with E-state index >= 15 is 0 Å². The Morgan fingerprint density at radius 2 is 1.73 bits per heavy atom. The third-order valence-electron chi connectivity index (χ3n) is 6.33. The fraction of sp³-hybridized carbons (Fsp3) is 0.455. The van der Waals surface area contributed by atoms with E-state index in [1.807, 2.05) is 41.1 Å². The van der Waals surface area contributed by atoms with Crippen LogP contribution in [-0.4, -0.2) is 72.0 Å². The predicted molar refractivity (Wildman–Crippen MR) is 121 cm³/mol. The Labute approximate surface area is 181 Å². The molecule has 2 aromatic rings. The maximum Gasteiger partial charge on any atom is 0.325 e. The van der Waals surface area contributed by atoms with Crippen molar-refractivity contribution in [3.63, 3.8) is 0 Å². The van der Waals surface area contributed by atoms with Crippen molar-refractivity contribution < 1.29 is 9.90 Å². The van der Waals surface area contributed by atoms with Gasteiger partial charge >= 0.3 is 5.97 Å². The first-order valence-corrected chi connectivity index (χ1v) is 11.4. The summed E-state index contributed by atoms with van der Waals surface area (Å²) < 4.78 is 0. The summed E-state index contributed by atoms with van der Waals surface area (Å²) >= 11 is 1.55. The monoisotopic (exact) mass is 427 g/mol. The molecule has 7 nitrogen and oxygen atoms in total. The highest BCUT2D eigenvalue weighted by atomic mass is 32.1. The van der Waals surface area contributed by atoms with Crippen molar-refractivity contribution in [3.05, 3.63) is 52.2 Å². The minimum Gasteiger partial charge on any atom is -0.480 e. The zero-order valence-corrected chi connectivity index (χ0v) is 17.9. The Balaban J connectivity index is 1.29. The van der Waals surface area contributed by atoms with Crippen LogP contribution in [0, 0.1) is 5.41 Å². The van der Waals surface area contributed by atoms with Gasteiger partial charge in [0.2, 0.25) is 0 Å². The molecule has 8 heteroatoms. The van der Waals surface area contributed by atoms with Gasteiger partial charge in [0.15, 0.2) is 0 Å². The van der Waals surface area contributed by atoms with Crippen molar-refractivity contribution in [1.82, 2.24) is 9.80 Å². The lowest BCUT2D eigenvalue weighted by atomic mass is 9.99. The highest BCUT2D eigenvalue weighted by Gasteiger charge is 2.33. The highest BCUT2D eigenvalue weighted by Crippen LogP contribution is 2.29. The van der Waals surface area contributed by atoms with E-state index in [-0.39, 0.29) is 5.84 Å². The van der Waals surface area contributed by atoms with Crippen LogP contribution >= 0.6 is 11.3 Å². The molecule has 1 unspecified atom stereocenters. The van der Waals surface area contributed by atoms with Crippen LogP contribution in [0.3, 0.4) is 0 Å². The Morgan fingerprint density at radius 3 is 2.27 bits per heavy atom. The maximum atomic E-state index is 11.8. The van der Waals surface area contributed by atoms with E-state index < -0.39 is 12.0 Å². The number of rotatable bonds is 6. The van der Waals surface area contributed by atoms with Gasteiger partial charge in [0, 0.05) is 56.6 Å². The van der Waals surface area contributed by atoms with E-state index in [4.69, 9.17) is 11.1 Å². The SMILES string of the molecule is N=C(N)c1ccc(N2CCN(C3CCN(C(C(=O)O)c4ccsc4)CC3)CC2)cc1. The molecule has 2 aliphatic heterocycles. The molecule has 30 heavy (non-hydrogen) atoms. The molecular weight excluding hydrogens is 398 g/mol. The fourth-order valence-electron chi connectivity index (χ4n) is 4.65. The van der Waals surface area contributed by atoms with Crippen LogP contribution < -0.4 is 10.6 Å². The van der Waals surface area contributed by atoms with Crippen molar-refractivity contribution in [1.29, 1.82) is 5.41 Å². The van der Waals surface area contributed by atoms with Crippen molar-refractivity contribution in [2.75, 3.05) is 44.2 Å². The van der Waals surface area contributed by atoms with E-state index in [2.05, 4.69) is 14.7 Å². The van der Waals surface area contributed by atoms with Crippen LogP contribution in [0.25, 0.3) is 0 Å². The zero-order chi connectivity index (χ0) is 21.1. The highest BCUT2D eigenvalue weighted by molar-refractivity contribution is 7.08. The smallest absolute Gasteiger partial charge is 0.325 e. The molecule has 3 heterocycles. The summed E-state index contributed by atoms with van der Waals surface area (Å²) in [7, 11) is 0.